The van der Waals surface area contributed by atoms with E-state index < -0.39 is 0 Å². The van der Waals surface area contributed by atoms with E-state index in [2.05, 4.69) is 27.6 Å². The average molecular weight is 391 g/mol. The fourth-order valence-electron chi connectivity index (χ4n) is 2.98. The molecule has 3 rings (SSSR count). The van der Waals surface area contributed by atoms with Crippen molar-refractivity contribution in [3.05, 3.63) is 34.3 Å². The largest absolute Gasteiger partial charge is 0.493 e. The Morgan fingerprint density at radius 3 is 3.00 bits per heavy atom. The number of amides is 2. The Labute approximate surface area is 163 Å². The second-order valence-electron chi connectivity index (χ2n) is 6.43. The molecule has 146 valence electrons. The molecule has 1 aliphatic heterocycles. The molecule has 0 saturated carbocycles. The lowest BCUT2D eigenvalue weighted by molar-refractivity contribution is 0.252. The SMILES string of the molecule is CCOc1ccc(CCNC(=O)Nc2nc3c(s2)CN(C)CC3)cc1OC. The van der Waals surface area contributed by atoms with Gasteiger partial charge in [-0.25, -0.2) is 9.78 Å². The number of carbonyl (C=O) groups excluding carboxylic acids is 1. The molecule has 27 heavy (non-hydrogen) atoms. The summed E-state index contributed by atoms with van der Waals surface area (Å²) in [5.74, 6) is 1.44. The van der Waals surface area contributed by atoms with Gasteiger partial charge in [0.2, 0.25) is 0 Å². The van der Waals surface area contributed by atoms with Crippen molar-refractivity contribution in [2.75, 3.05) is 39.2 Å². The number of nitrogens with zero attached hydrogens (tertiary/aromatic N) is 2. The summed E-state index contributed by atoms with van der Waals surface area (Å²) >= 11 is 1.55. The van der Waals surface area contributed by atoms with Gasteiger partial charge in [-0.3, -0.25) is 5.32 Å². The third-order valence-electron chi connectivity index (χ3n) is 4.37. The number of hydrogen-bond acceptors (Lipinski definition) is 6. The highest BCUT2D eigenvalue weighted by atomic mass is 32.1. The van der Waals surface area contributed by atoms with Crippen LogP contribution in [0, 0.1) is 0 Å². The van der Waals surface area contributed by atoms with E-state index in [1.54, 1.807) is 18.4 Å². The third-order valence-corrected chi connectivity index (χ3v) is 5.37. The minimum atomic E-state index is -0.229. The van der Waals surface area contributed by atoms with Gasteiger partial charge in [-0.1, -0.05) is 6.07 Å². The van der Waals surface area contributed by atoms with Crippen molar-refractivity contribution in [3.8, 4) is 11.5 Å². The minimum absolute atomic E-state index is 0.229. The number of nitrogens with one attached hydrogen (secondary N) is 2. The number of aromatic nitrogens is 1. The summed E-state index contributed by atoms with van der Waals surface area (Å²) in [4.78, 5) is 20.2. The smallest absolute Gasteiger partial charge is 0.321 e. The van der Waals surface area contributed by atoms with Crippen LogP contribution < -0.4 is 20.1 Å². The number of methoxy groups -OCH3 is 1. The van der Waals surface area contributed by atoms with Crippen LogP contribution in [0.3, 0.4) is 0 Å². The highest BCUT2D eigenvalue weighted by Crippen LogP contribution is 2.28. The number of urea groups is 1. The maximum Gasteiger partial charge on any atom is 0.321 e. The van der Waals surface area contributed by atoms with Crippen LogP contribution >= 0.6 is 11.3 Å². The van der Waals surface area contributed by atoms with Crippen molar-refractivity contribution in [1.29, 1.82) is 0 Å². The van der Waals surface area contributed by atoms with Crippen LogP contribution in [-0.2, 0) is 19.4 Å². The molecule has 1 aromatic carbocycles. The van der Waals surface area contributed by atoms with Crippen LogP contribution in [0.4, 0.5) is 9.93 Å². The zero-order valence-electron chi connectivity index (χ0n) is 16.0. The Hall–Kier alpha value is -2.32. The van der Waals surface area contributed by atoms with E-state index in [1.807, 2.05) is 25.1 Å². The molecule has 0 bridgehead atoms. The predicted molar refractivity (Wildman–Crippen MR) is 107 cm³/mol. The standard InChI is InChI=1S/C19H26N4O3S/c1-4-26-15-6-5-13(11-16(15)25-3)7-9-20-18(24)22-19-21-14-8-10-23(2)12-17(14)27-19/h5-6,11H,4,7-10,12H2,1-3H3,(H2,20,21,22,24). The van der Waals surface area contributed by atoms with Gasteiger partial charge in [0.1, 0.15) is 0 Å². The van der Waals surface area contributed by atoms with E-state index in [0.29, 0.717) is 30.5 Å². The molecule has 0 unspecified atom stereocenters. The molecule has 8 heteroatoms. The molecule has 2 amide bonds. The summed E-state index contributed by atoms with van der Waals surface area (Å²) in [5.41, 5.74) is 2.18. The molecule has 0 aliphatic carbocycles. The van der Waals surface area contributed by atoms with E-state index in [1.165, 1.54) is 4.88 Å². The molecule has 1 aromatic heterocycles. The van der Waals surface area contributed by atoms with Crippen molar-refractivity contribution in [3.63, 3.8) is 0 Å². The first-order chi connectivity index (χ1) is 13.1. The summed E-state index contributed by atoms with van der Waals surface area (Å²) in [6, 6.07) is 5.59. The number of thiazole rings is 1. The van der Waals surface area contributed by atoms with Crippen LogP contribution in [0.25, 0.3) is 0 Å². The second-order valence-corrected chi connectivity index (χ2v) is 7.51. The summed E-state index contributed by atoms with van der Waals surface area (Å²) in [6.07, 6.45) is 1.64. The number of hydrogen-bond donors (Lipinski definition) is 2. The lowest BCUT2D eigenvalue weighted by atomic mass is 10.1. The lowest BCUT2D eigenvalue weighted by Gasteiger charge is -2.20. The number of fused-ring (bicyclic) bond motifs is 1. The van der Waals surface area contributed by atoms with Crippen LogP contribution in [0.5, 0.6) is 11.5 Å². The Morgan fingerprint density at radius 2 is 2.22 bits per heavy atom. The van der Waals surface area contributed by atoms with Crippen LogP contribution in [0.1, 0.15) is 23.1 Å². The van der Waals surface area contributed by atoms with Gasteiger partial charge in [-0.05, 0) is 38.1 Å². The first-order valence-corrected chi connectivity index (χ1v) is 9.92. The molecular formula is C19H26N4O3S. The number of benzene rings is 1. The molecular weight excluding hydrogens is 364 g/mol. The summed E-state index contributed by atoms with van der Waals surface area (Å²) in [6.45, 7) is 4.96. The van der Waals surface area contributed by atoms with Crippen molar-refractivity contribution in [2.24, 2.45) is 0 Å². The number of likely N-dealkylation sites (N-methyl/N-ethyl adjacent to an activating group) is 1. The Balaban J connectivity index is 1.48. The highest BCUT2D eigenvalue weighted by molar-refractivity contribution is 7.15. The Morgan fingerprint density at radius 1 is 1.37 bits per heavy atom. The lowest BCUT2D eigenvalue weighted by Crippen LogP contribution is -2.30. The molecule has 2 heterocycles. The van der Waals surface area contributed by atoms with Gasteiger partial charge in [0, 0.05) is 30.9 Å². The monoisotopic (exact) mass is 390 g/mol. The first kappa shape index (κ1) is 19.4. The van der Waals surface area contributed by atoms with Gasteiger partial charge in [-0.2, -0.15) is 0 Å². The van der Waals surface area contributed by atoms with Gasteiger partial charge in [0.25, 0.3) is 0 Å². The zero-order valence-corrected chi connectivity index (χ0v) is 16.8. The maximum absolute atomic E-state index is 12.1. The van der Waals surface area contributed by atoms with Gasteiger partial charge in [0.05, 0.1) is 19.4 Å². The van der Waals surface area contributed by atoms with E-state index in [4.69, 9.17) is 9.47 Å². The molecule has 0 atom stereocenters. The quantitative estimate of drug-likeness (QED) is 0.760. The van der Waals surface area contributed by atoms with Crippen LogP contribution in [-0.4, -0.2) is 49.8 Å². The Bertz CT molecular complexity index is 793. The van der Waals surface area contributed by atoms with E-state index in [-0.39, 0.29) is 6.03 Å². The van der Waals surface area contributed by atoms with Crippen molar-refractivity contribution in [2.45, 2.75) is 26.3 Å². The molecule has 0 radical (unpaired) electrons. The van der Waals surface area contributed by atoms with Gasteiger partial charge >= 0.3 is 6.03 Å². The number of rotatable bonds is 7. The zero-order chi connectivity index (χ0) is 19.2. The van der Waals surface area contributed by atoms with Gasteiger partial charge < -0.3 is 19.7 Å². The fourth-order valence-corrected chi connectivity index (χ4v) is 4.06. The van der Waals surface area contributed by atoms with Crippen molar-refractivity contribution >= 4 is 22.5 Å². The maximum atomic E-state index is 12.1. The molecule has 0 fully saturated rings. The molecule has 7 nitrogen and oxygen atoms in total. The van der Waals surface area contributed by atoms with E-state index >= 15 is 0 Å². The fraction of sp³-hybridized carbons (Fsp3) is 0.474. The van der Waals surface area contributed by atoms with Crippen LogP contribution in [0.15, 0.2) is 18.2 Å². The average Bonchev–Trinajstić information content (AvgIpc) is 3.04. The molecule has 2 aromatic rings. The Kier molecular flexibility index (Phi) is 6.52. The molecule has 1 aliphatic rings. The van der Waals surface area contributed by atoms with Crippen molar-refractivity contribution in [1.82, 2.24) is 15.2 Å². The summed E-state index contributed by atoms with van der Waals surface area (Å²) in [7, 11) is 3.72. The van der Waals surface area contributed by atoms with E-state index in [9.17, 15) is 4.79 Å². The van der Waals surface area contributed by atoms with Gasteiger partial charge in [0.15, 0.2) is 16.6 Å². The minimum Gasteiger partial charge on any atom is -0.493 e. The first-order valence-electron chi connectivity index (χ1n) is 9.10. The van der Waals surface area contributed by atoms with Gasteiger partial charge in [-0.15, -0.1) is 11.3 Å². The molecule has 0 spiro atoms. The summed E-state index contributed by atoms with van der Waals surface area (Å²) < 4.78 is 10.9. The molecule has 0 saturated heterocycles. The highest BCUT2D eigenvalue weighted by Gasteiger charge is 2.19. The molecule has 2 N–H and O–H groups in total. The predicted octanol–water partition coefficient (Wildman–Crippen LogP) is 2.90. The second kappa shape index (κ2) is 9.05. The number of ether oxygens (including phenoxy) is 2. The van der Waals surface area contributed by atoms with Crippen molar-refractivity contribution < 1.29 is 14.3 Å². The number of carbonyl (C=O) groups is 1. The summed E-state index contributed by atoms with van der Waals surface area (Å²) in [5, 5.41) is 6.39. The number of anilines is 1. The van der Waals surface area contributed by atoms with Crippen LogP contribution in [0.2, 0.25) is 0 Å². The third kappa shape index (κ3) is 5.11. The topological polar surface area (TPSA) is 75.7 Å². The van der Waals surface area contributed by atoms with E-state index in [0.717, 1.165) is 36.5 Å². The normalized spacial score (nSPS) is 13.7.